The van der Waals surface area contributed by atoms with Gasteiger partial charge in [0.2, 0.25) is 5.91 Å². The van der Waals surface area contributed by atoms with Gasteiger partial charge in [-0.3, -0.25) is 4.79 Å². The number of hydrogen-bond acceptors (Lipinski definition) is 3. The molecule has 1 saturated heterocycles. The molecule has 1 saturated carbocycles. The lowest BCUT2D eigenvalue weighted by atomic mass is 9.87. The van der Waals surface area contributed by atoms with Crippen LogP contribution < -0.4 is 10.2 Å². The number of anilines is 1. The third kappa shape index (κ3) is 5.22. The van der Waals surface area contributed by atoms with Crippen molar-refractivity contribution < 1.29 is 4.79 Å². The number of hydrogen-bond donors (Lipinski definition) is 1. The second-order valence-electron chi connectivity index (χ2n) is 7.41. The number of nitrogens with one attached hydrogen (secondary N) is 1. The largest absolute Gasteiger partial charge is 0.357 e. The SMILES string of the molecule is O=C(CC1CCCCC1)NCc1ccc(N2CCCCCC2)nc1. The molecule has 2 aliphatic rings. The summed E-state index contributed by atoms with van der Waals surface area (Å²) in [5.74, 6) is 1.87. The molecule has 0 atom stereocenters. The Balaban J connectivity index is 1.44. The molecule has 0 bridgehead atoms. The van der Waals surface area contributed by atoms with Crippen molar-refractivity contribution in [1.82, 2.24) is 10.3 Å². The first-order valence-electron chi connectivity index (χ1n) is 9.78. The van der Waals surface area contributed by atoms with Crippen LogP contribution in [-0.2, 0) is 11.3 Å². The molecular formula is C20H31N3O. The molecule has 3 rings (SSSR count). The molecule has 2 fully saturated rings. The molecule has 132 valence electrons. The molecule has 0 unspecified atom stereocenters. The summed E-state index contributed by atoms with van der Waals surface area (Å²) < 4.78 is 0. The molecule has 1 N–H and O–H groups in total. The predicted molar refractivity (Wildman–Crippen MR) is 98.0 cm³/mol. The Morgan fingerprint density at radius 1 is 1.04 bits per heavy atom. The maximum Gasteiger partial charge on any atom is 0.220 e. The van der Waals surface area contributed by atoms with Gasteiger partial charge in [-0.2, -0.15) is 0 Å². The smallest absolute Gasteiger partial charge is 0.220 e. The molecule has 2 heterocycles. The van der Waals surface area contributed by atoms with Gasteiger partial charge in [0.15, 0.2) is 0 Å². The fourth-order valence-electron chi connectivity index (χ4n) is 3.93. The Hall–Kier alpha value is -1.58. The minimum absolute atomic E-state index is 0.193. The van der Waals surface area contributed by atoms with E-state index in [0.29, 0.717) is 18.9 Å². The zero-order valence-corrected chi connectivity index (χ0v) is 14.8. The van der Waals surface area contributed by atoms with Gasteiger partial charge in [0.1, 0.15) is 5.82 Å². The second-order valence-corrected chi connectivity index (χ2v) is 7.41. The topological polar surface area (TPSA) is 45.2 Å². The van der Waals surface area contributed by atoms with Crippen molar-refractivity contribution in [2.24, 2.45) is 5.92 Å². The molecule has 1 aliphatic heterocycles. The first-order chi connectivity index (χ1) is 11.8. The third-order valence-electron chi connectivity index (χ3n) is 5.43. The van der Waals surface area contributed by atoms with E-state index in [1.807, 2.05) is 6.20 Å². The maximum absolute atomic E-state index is 12.1. The Labute approximate surface area is 146 Å². The van der Waals surface area contributed by atoms with E-state index in [1.165, 1.54) is 57.8 Å². The summed E-state index contributed by atoms with van der Waals surface area (Å²) in [4.78, 5) is 19.1. The minimum atomic E-state index is 0.193. The Morgan fingerprint density at radius 3 is 2.42 bits per heavy atom. The summed E-state index contributed by atoms with van der Waals surface area (Å²) >= 11 is 0. The maximum atomic E-state index is 12.1. The van der Waals surface area contributed by atoms with Crippen molar-refractivity contribution >= 4 is 11.7 Å². The van der Waals surface area contributed by atoms with Gasteiger partial charge in [0.05, 0.1) is 0 Å². The van der Waals surface area contributed by atoms with Crippen LogP contribution in [0, 0.1) is 5.92 Å². The highest BCUT2D eigenvalue weighted by molar-refractivity contribution is 5.76. The highest BCUT2D eigenvalue weighted by atomic mass is 16.1. The van der Waals surface area contributed by atoms with Crippen molar-refractivity contribution in [2.45, 2.75) is 70.8 Å². The first-order valence-corrected chi connectivity index (χ1v) is 9.78. The van der Waals surface area contributed by atoms with E-state index >= 15 is 0 Å². The van der Waals surface area contributed by atoms with Crippen LogP contribution in [-0.4, -0.2) is 24.0 Å². The quantitative estimate of drug-likeness (QED) is 0.886. The van der Waals surface area contributed by atoms with Gasteiger partial charge in [-0.25, -0.2) is 4.98 Å². The van der Waals surface area contributed by atoms with E-state index in [-0.39, 0.29) is 5.91 Å². The van der Waals surface area contributed by atoms with E-state index in [0.717, 1.165) is 24.5 Å². The Bertz CT molecular complexity index is 500. The van der Waals surface area contributed by atoms with Crippen LogP contribution in [0.2, 0.25) is 0 Å². The standard InChI is InChI=1S/C20H31N3O/c24-20(14-17-8-4-3-5-9-17)22-16-18-10-11-19(21-15-18)23-12-6-1-2-7-13-23/h10-11,15,17H,1-9,12-14,16H2,(H,22,24). The zero-order chi connectivity index (χ0) is 16.6. The van der Waals surface area contributed by atoms with E-state index in [9.17, 15) is 4.79 Å². The minimum Gasteiger partial charge on any atom is -0.357 e. The molecule has 0 spiro atoms. The fraction of sp³-hybridized carbons (Fsp3) is 0.700. The molecule has 0 aromatic carbocycles. The van der Waals surface area contributed by atoms with Crippen molar-refractivity contribution in [3.05, 3.63) is 23.9 Å². The predicted octanol–water partition coefficient (Wildman–Crippen LogP) is 4.05. The number of pyridine rings is 1. The van der Waals surface area contributed by atoms with Crippen LogP contribution in [0.5, 0.6) is 0 Å². The van der Waals surface area contributed by atoms with E-state index < -0.39 is 0 Å². The van der Waals surface area contributed by atoms with Gasteiger partial charge >= 0.3 is 0 Å². The fourth-order valence-corrected chi connectivity index (χ4v) is 3.93. The molecule has 0 radical (unpaired) electrons. The summed E-state index contributed by atoms with van der Waals surface area (Å²) in [5, 5.41) is 3.06. The Morgan fingerprint density at radius 2 is 1.75 bits per heavy atom. The number of carbonyl (C=O) groups is 1. The first kappa shape index (κ1) is 17.2. The van der Waals surface area contributed by atoms with Crippen molar-refractivity contribution in [3.8, 4) is 0 Å². The van der Waals surface area contributed by atoms with Gasteiger partial charge < -0.3 is 10.2 Å². The summed E-state index contributed by atoms with van der Waals surface area (Å²) in [5.41, 5.74) is 1.09. The Kier molecular flexibility index (Phi) is 6.50. The molecule has 1 aromatic rings. The second kappa shape index (κ2) is 9.05. The van der Waals surface area contributed by atoms with Gasteiger partial charge in [-0.15, -0.1) is 0 Å². The van der Waals surface area contributed by atoms with Crippen LogP contribution >= 0.6 is 0 Å². The molecule has 4 nitrogen and oxygen atoms in total. The van der Waals surface area contributed by atoms with E-state index in [1.54, 1.807) is 0 Å². The average Bonchev–Trinajstić information content (AvgIpc) is 2.91. The lowest BCUT2D eigenvalue weighted by molar-refractivity contribution is -0.122. The van der Waals surface area contributed by atoms with Gasteiger partial charge in [0.25, 0.3) is 0 Å². The highest BCUT2D eigenvalue weighted by Gasteiger charge is 2.17. The third-order valence-corrected chi connectivity index (χ3v) is 5.43. The van der Waals surface area contributed by atoms with Gasteiger partial charge in [-0.1, -0.05) is 38.2 Å². The molecule has 1 aromatic heterocycles. The number of aromatic nitrogens is 1. The normalized spacial score (nSPS) is 19.8. The van der Waals surface area contributed by atoms with Crippen LogP contribution in [0.25, 0.3) is 0 Å². The van der Waals surface area contributed by atoms with E-state index in [4.69, 9.17) is 0 Å². The molecule has 24 heavy (non-hydrogen) atoms. The number of carbonyl (C=O) groups excluding carboxylic acids is 1. The highest BCUT2D eigenvalue weighted by Crippen LogP contribution is 2.26. The van der Waals surface area contributed by atoms with Crippen LogP contribution in [0.15, 0.2) is 18.3 Å². The molecule has 1 amide bonds. The molecule has 4 heteroatoms. The van der Waals surface area contributed by atoms with E-state index in [2.05, 4.69) is 27.3 Å². The number of nitrogens with zero attached hydrogens (tertiary/aromatic N) is 2. The summed E-state index contributed by atoms with van der Waals surface area (Å²) in [7, 11) is 0. The van der Waals surface area contributed by atoms with Crippen molar-refractivity contribution in [3.63, 3.8) is 0 Å². The summed E-state index contributed by atoms with van der Waals surface area (Å²) in [6.45, 7) is 2.83. The number of rotatable bonds is 5. The number of amides is 1. The lowest BCUT2D eigenvalue weighted by Gasteiger charge is -2.22. The van der Waals surface area contributed by atoms with Crippen LogP contribution in [0.4, 0.5) is 5.82 Å². The van der Waals surface area contributed by atoms with Crippen molar-refractivity contribution in [2.75, 3.05) is 18.0 Å². The monoisotopic (exact) mass is 329 g/mol. The summed E-state index contributed by atoms with van der Waals surface area (Å²) in [6, 6.07) is 4.21. The molecule has 1 aliphatic carbocycles. The van der Waals surface area contributed by atoms with Crippen LogP contribution in [0.3, 0.4) is 0 Å². The van der Waals surface area contributed by atoms with Gasteiger partial charge in [0, 0.05) is 32.3 Å². The van der Waals surface area contributed by atoms with Crippen LogP contribution in [0.1, 0.15) is 69.8 Å². The van der Waals surface area contributed by atoms with Crippen molar-refractivity contribution in [1.29, 1.82) is 0 Å². The zero-order valence-electron chi connectivity index (χ0n) is 14.8. The average molecular weight is 329 g/mol. The summed E-state index contributed by atoms with van der Waals surface area (Å²) in [6.07, 6.45) is 14.2. The molecular weight excluding hydrogens is 298 g/mol. The lowest BCUT2D eigenvalue weighted by Crippen LogP contribution is -2.26. The van der Waals surface area contributed by atoms with Gasteiger partial charge in [-0.05, 0) is 43.2 Å².